The van der Waals surface area contributed by atoms with Gasteiger partial charge in [-0.1, -0.05) is 13.0 Å². The van der Waals surface area contributed by atoms with Crippen LogP contribution in [0.25, 0.3) is 0 Å². The Bertz CT molecular complexity index is 577. The molecular weight excluding hydrogens is 238 g/mol. The van der Waals surface area contributed by atoms with Gasteiger partial charge in [0.2, 0.25) is 0 Å². The molecule has 1 unspecified atom stereocenters. The van der Waals surface area contributed by atoms with E-state index in [0.717, 1.165) is 43.1 Å². The number of fused-ring (bicyclic) bond motifs is 1. The van der Waals surface area contributed by atoms with E-state index in [4.69, 9.17) is 10.5 Å². The minimum atomic E-state index is -0.174. The summed E-state index contributed by atoms with van der Waals surface area (Å²) >= 11 is 0. The second-order valence-electron chi connectivity index (χ2n) is 4.92. The summed E-state index contributed by atoms with van der Waals surface area (Å²) in [6, 6.07) is 6.04. The fourth-order valence-corrected chi connectivity index (χ4v) is 2.58. The molecule has 2 aromatic rings. The molecule has 100 valence electrons. The molecule has 0 aliphatic carbocycles. The monoisotopic (exact) mass is 257 g/mol. The minimum absolute atomic E-state index is 0.174. The molecule has 1 aromatic carbocycles. The smallest absolute Gasteiger partial charge is 0.130 e. The molecule has 1 aliphatic heterocycles. The number of nitrogens with zero attached hydrogens (tertiary/aromatic N) is 2. The minimum Gasteiger partial charge on any atom is -0.493 e. The lowest BCUT2D eigenvalue weighted by atomic mass is 10.0. The first-order valence-electron chi connectivity index (χ1n) is 6.82. The van der Waals surface area contributed by atoms with Crippen LogP contribution in [0.2, 0.25) is 0 Å². The van der Waals surface area contributed by atoms with Gasteiger partial charge in [-0.15, -0.1) is 0 Å². The molecule has 0 radical (unpaired) electrons. The molecule has 3 rings (SSSR count). The maximum Gasteiger partial charge on any atom is 0.130 e. The first-order chi connectivity index (χ1) is 9.29. The predicted octanol–water partition coefficient (Wildman–Crippen LogP) is 2.28. The zero-order chi connectivity index (χ0) is 13.2. The zero-order valence-electron chi connectivity index (χ0n) is 11.2. The number of aromatic nitrogens is 2. The molecule has 1 aliphatic rings. The van der Waals surface area contributed by atoms with Crippen molar-refractivity contribution in [2.45, 2.75) is 32.4 Å². The summed E-state index contributed by atoms with van der Waals surface area (Å²) in [6.45, 7) is 3.89. The molecule has 0 fully saturated rings. The van der Waals surface area contributed by atoms with Crippen LogP contribution in [-0.2, 0) is 13.0 Å². The van der Waals surface area contributed by atoms with Crippen LogP contribution < -0.4 is 10.5 Å². The van der Waals surface area contributed by atoms with Crippen molar-refractivity contribution >= 4 is 0 Å². The Morgan fingerprint density at radius 2 is 2.37 bits per heavy atom. The van der Waals surface area contributed by atoms with E-state index < -0.39 is 0 Å². The maximum absolute atomic E-state index is 6.36. The molecule has 4 heteroatoms. The van der Waals surface area contributed by atoms with Gasteiger partial charge in [-0.05, 0) is 29.7 Å². The molecule has 19 heavy (non-hydrogen) atoms. The Hall–Kier alpha value is -1.81. The largest absolute Gasteiger partial charge is 0.493 e. The number of hydrogen-bond donors (Lipinski definition) is 1. The Balaban J connectivity index is 1.90. The third-order valence-electron chi connectivity index (χ3n) is 3.56. The van der Waals surface area contributed by atoms with Crippen LogP contribution in [-0.4, -0.2) is 16.2 Å². The number of ether oxygens (including phenoxy) is 1. The first-order valence-corrected chi connectivity index (χ1v) is 6.82. The Kier molecular flexibility index (Phi) is 3.25. The van der Waals surface area contributed by atoms with Crippen LogP contribution >= 0.6 is 0 Å². The van der Waals surface area contributed by atoms with E-state index in [1.54, 1.807) is 0 Å². The van der Waals surface area contributed by atoms with Crippen molar-refractivity contribution in [1.29, 1.82) is 0 Å². The summed E-state index contributed by atoms with van der Waals surface area (Å²) < 4.78 is 7.66. The summed E-state index contributed by atoms with van der Waals surface area (Å²) in [4.78, 5) is 4.41. The van der Waals surface area contributed by atoms with E-state index in [1.807, 2.05) is 24.5 Å². The second kappa shape index (κ2) is 5.05. The number of nitrogens with two attached hydrogens (primary N) is 1. The van der Waals surface area contributed by atoms with Gasteiger partial charge in [-0.25, -0.2) is 4.98 Å². The molecular formula is C15H19N3O. The van der Waals surface area contributed by atoms with E-state index in [9.17, 15) is 0 Å². The molecule has 0 amide bonds. The SMILES string of the molecule is CCCn1ccnc1C(N)c1ccc2c(c1)CCO2. The van der Waals surface area contributed by atoms with Crippen molar-refractivity contribution in [2.24, 2.45) is 5.73 Å². The average molecular weight is 257 g/mol. The summed E-state index contributed by atoms with van der Waals surface area (Å²) in [5.74, 6) is 1.92. The molecule has 2 heterocycles. The van der Waals surface area contributed by atoms with Gasteiger partial charge in [0.05, 0.1) is 12.6 Å². The van der Waals surface area contributed by atoms with Crippen molar-refractivity contribution in [3.05, 3.63) is 47.5 Å². The van der Waals surface area contributed by atoms with Gasteiger partial charge in [-0.3, -0.25) is 0 Å². The summed E-state index contributed by atoms with van der Waals surface area (Å²) in [6.07, 6.45) is 5.86. The third kappa shape index (κ3) is 2.24. The summed E-state index contributed by atoms with van der Waals surface area (Å²) in [7, 11) is 0. The molecule has 0 saturated heterocycles. The molecule has 0 spiro atoms. The number of imidazole rings is 1. The number of hydrogen-bond acceptors (Lipinski definition) is 3. The lowest BCUT2D eigenvalue weighted by Gasteiger charge is -2.15. The fraction of sp³-hybridized carbons (Fsp3) is 0.400. The second-order valence-corrected chi connectivity index (χ2v) is 4.92. The highest BCUT2D eigenvalue weighted by Gasteiger charge is 2.18. The van der Waals surface area contributed by atoms with Gasteiger partial charge in [0.1, 0.15) is 11.6 Å². The third-order valence-corrected chi connectivity index (χ3v) is 3.56. The van der Waals surface area contributed by atoms with Crippen LogP contribution in [0.3, 0.4) is 0 Å². The topological polar surface area (TPSA) is 53.1 Å². The van der Waals surface area contributed by atoms with Crippen LogP contribution in [0.4, 0.5) is 0 Å². The lowest BCUT2D eigenvalue weighted by molar-refractivity contribution is 0.357. The van der Waals surface area contributed by atoms with Crippen LogP contribution in [0.5, 0.6) is 5.75 Å². The highest BCUT2D eigenvalue weighted by Crippen LogP contribution is 2.29. The molecule has 4 nitrogen and oxygen atoms in total. The quantitative estimate of drug-likeness (QED) is 0.914. The van der Waals surface area contributed by atoms with Crippen molar-refractivity contribution < 1.29 is 4.74 Å². The highest BCUT2D eigenvalue weighted by atomic mass is 16.5. The van der Waals surface area contributed by atoms with Gasteiger partial charge < -0.3 is 15.0 Å². The maximum atomic E-state index is 6.36. The molecule has 1 aromatic heterocycles. The predicted molar refractivity (Wildman–Crippen MR) is 74.2 cm³/mol. The Morgan fingerprint density at radius 1 is 1.47 bits per heavy atom. The van der Waals surface area contributed by atoms with E-state index in [2.05, 4.69) is 22.5 Å². The number of benzene rings is 1. The van der Waals surface area contributed by atoms with Gasteiger partial charge in [0, 0.05) is 25.4 Å². The van der Waals surface area contributed by atoms with Gasteiger partial charge in [0.15, 0.2) is 0 Å². The molecule has 0 bridgehead atoms. The molecule has 1 atom stereocenters. The van der Waals surface area contributed by atoms with E-state index in [1.165, 1.54) is 5.56 Å². The van der Waals surface area contributed by atoms with Gasteiger partial charge in [0.25, 0.3) is 0 Å². The molecule has 2 N–H and O–H groups in total. The average Bonchev–Trinajstić information content (AvgIpc) is 3.05. The zero-order valence-corrected chi connectivity index (χ0v) is 11.2. The summed E-state index contributed by atoms with van der Waals surface area (Å²) in [5, 5.41) is 0. The Labute approximate surface area is 113 Å². The standard InChI is InChI=1S/C15H19N3O/c1-2-7-18-8-6-17-15(18)14(16)12-3-4-13-11(10-12)5-9-19-13/h3-4,6,8,10,14H,2,5,7,9,16H2,1H3. The highest BCUT2D eigenvalue weighted by molar-refractivity contribution is 5.41. The van der Waals surface area contributed by atoms with Gasteiger partial charge >= 0.3 is 0 Å². The van der Waals surface area contributed by atoms with Crippen molar-refractivity contribution in [3.8, 4) is 5.75 Å². The van der Waals surface area contributed by atoms with Crippen LogP contribution in [0, 0.1) is 0 Å². The first kappa shape index (κ1) is 12.2. The number of aryl methyl sites for hydroxylation is 1. The van der Waals surface area contributed by atoms with E-state index in [-0.39, 0.29) is 6.04 Å². The van der Waals surface area contributed by atoms with Crippen molar-refractivity contribution in [2.75, 3.05) is 6.61 Å². The van der Waals surface area contributed by atoms with E-state index in [0.29, 0.717) is 0 Å². The normalized spacial score (nSPS) is 15.1. The summed E-state index contributed by atoms with van der Waals surface area (Å²) in [5.41, 5.74) is 8.72. The van der Waals surface area contributed by atoms with Crippen LogP contribution in [0.15, 0.2) is 30.6 Å². The fourth-order valence-electron chi connectivity index (χ4n) is 2.58. The van der Waals surface area contributed by atoms with Crippen LogP contribution in [0.1, 0.15) is 36.3 Å². The van der Waals surface area contributed by atoms with E-state index >= 15 is 0 Å². The van der Waals surface area contributed by atoms with Crippen molar-refractivity contribution in [1.82, 2.24) is 9.55 Å². The van der Waals surface area contributed by atoms with Crippen molar-refractivity contribution in [3.63, 3.8) is 0 Å². The number of rotatable bonds is 4. The lowest BCUT2D eigenvalue weighted by Crippen LogP contribution is -2.18. The Morgan fingerprint density at radius 3 is 3.21 bits per heavy atom. The molecule has 0 saturated carbocycles. The van der Waals surface area contributed by atoms with Gasteiger partial charge in [-0.2, -0.15) is 0 Å².